The second-order valence-electron chi connectivity index (χ2n) is 7.19. The molecule has 0 fully saturated rings. The van der Waals surface area contributed by atoms with Gasteiger partial charge >= 0.3 is 0 Å². The normalized spacial score (nSPS) is 11.5. The van der Waals surface area contributed by atoms with Crippen LogP contribution < -0.4 is 15.0 Å². The first kappa shape index (κ1) is 21.4. The number of aryl methyl sites for hydroxylation is 2. The summed E-state index contributed by atoms with van der Waals surface area (Å²) in [5, 5.41) is 0. The van der Waals surface area contributed by atoms with Gasteiger partial charge in [-0.3, -0.25) is 13.9 Å². The van der Waals surface area contributed by atoms with Crippen molar-refractivity contribution in [3.63, 3.8) is 0 Å². The van der Waals surface area contributed by atoms with Crippen LogP contribution in [-0.2, 0) is 10.0 Å². The first-order valence-electron chi connectivity index (χ1n) is 9.51. The molecule has 1 N–H and O–H groups in total. The lowest BCUT2D eigenvalue weighted by Crippen LogP contribution is -2.17. The molecule has 0 spiro atoms. The molecule has 32 heavy (non-hydrogen) atoms. The largest absolute Gasteiger partial charge is 0.480 e. The zero-order chi connectivity index (χ0) is 23.0. The zero-order valence-electron chi connectivity index (χ0n) is 17.5. The maximum atomic E-state index is 13.4. The van der Waals surface area contributed by atoms with Gasteiger partial charge in [0.2, 0.25) is 5.88 Å². The smallest absolute Gasteiger partial charge is 0.262 e. The molecule has 164 valence electrons. The Morgan fingerprint density at radius 3 is 2.50 bits per heavy atom. The highest BCUT2D eigenvalue weighted by Crippen LogP contribution is 2.30. The van der Waals surface area contributed by atoms with Gasteiger partial charge in [0.05, 0.1) is 12.0 Å². The molecule has 1 aromatic carbocycles. The molecule has 0 saturated heterocycles. The topological polar surface area (TPSA) is 103 Å². The van der Waals surface area contributed by atoms with Crippen LogP contribution in [0.15, 0.2) is 64.7 Å². The van der Waals surface area contributed by atoms with Crippen molar-refractivity contribution >= 4 is 21.4 Å². The first-order chi connectivity index (χ1) is 15.2. The van der Waals surface area contributed by atoms with Crippen LogP contribution in [0.2, 0.25) is 0 Å². The van der Waals surface area contributed by atoms with Crippen LogP contribution in [-0.4, -0.2) is 29.9 Å². The van der Waals surface area contributed by atoms with Gasteiger partial charge in [-0.15, -0.1) is 0 Å². The van der Waals surface area contributed by atoms with Gasteiger partial charge < -0.3 is 4.74 Å². The summed E-state index contributed by atoms with van der Waals surface area (Å²) in [5.74, 6) is -0.466. The number of rotatable bonds is 5. The van der Waals surface area contributed by atoms with E-state index in [2.05, 4.69) is 14.7 Å². The predicted octanol–water partition coefficient (Wildman–Crippen LogP) is 3.32. The molecule has 3 aromatic heterocycles. The van der Waals surface area contributed by atoms with Crippen molar-refractivity contribution in [2.24, 2.45) is 0 Å². The fourth-order valence-electron chi connectivity index (χ4n) is 3.30. The molecule has 4 aromatic rings. The lowest BCUT2D eigenvalue weighted by Gasteiger charge is -2.14. The number of anilines is 1. The molecule has 0 aliphatic carbocycles. The number of benzene rings is 1. The van der Waals surface area contributed by atoms with Crippen molar-refractivity contribution in [2.45, 2.75) is 18.7 Å². The Morgan fingerprint density at radius 2 is 1.78 bits per heavy atom. The SMILES string of the molecule is COc1ncc(-c2ccc3ncc(C)c(=O)n3c2)cc1NS(=O)(=O)c1ccc(F)cc1C. The minimum atomic E-state index is -4.04. The molecule has 4 rings (SSSR count). The summed E-state index contributed by atoms with van der Waals surface area (Å²) in [6, 6.07) is 8.41. The molecule has 3 heterocycles. The number of ether oxygens (including phenoxy) is 1. The third-order valence-corrected chi connectivity index (χ3v) is 6.45. The number of fused-ring (bicyclic) bond motifs is 1. The molecule has 0 radical (unpaired) electrons. The Bertz CT molecular complexity index is 1520. The van der Waals surface area contributed by atoms with Gasteiger partial charge in [-0.2, -0.15) is 0 Å². The number of hydrogen-bond donors (Lipinski definition) is 1. The van der Waals surface area contributed by atoms with E-state index in [1.165, 1.54) is 36.9 Å². The highest BCUT2D eigenvalue weighted by Gasteiger charge is 2.20. The number of pyridine rings is 2. The van der Waals surface area contributed by atoms with E-state index >= 15 is 0 Å². The Morgan fingerprint density at radius 1 is 1.00 bits per heavy atom. The zero-order valence-corrected chi connectivity index (χ0v) is 18.3. The van der Waals surface area contributed by atoms with E-state index in [1.807, 2.05) is 0 Å². The third kappa shape index (κ3) is 3.92. The van der Waals surface area contributed by atoms with E-state index in [1.54, 1.807) is 31.3 Å². The fourth-order valence-corrected chi connectivity index (χ4v) is 4.58. The Labute approximate surface area is 183 Å². The van der Waals surface area contributed by atoms with Crippen LogP contribution in [0.5, 0.6) is 5.88 Å². The molecule has 0 amide bonds. The summed E-state index contributed by atoms with van der Waals surface area (Å²) < 4.78 is 48.4. The van der Waals surface area contributed by atoms with E-state index in [9.17, 15) is 17.6 Å². The summed E-state index contributed by atoms with van der Waals surface area (Å²) in [7, 11) is -2.67. The molecule has 0 aliphatic rings. The second kappa shape index (κ2) is 8.04. The number of sulfonamides is 1. The highest BCUT2D eigenvalue weighted by atomic mass is 32.2. The molecule has 0 atom stereocenters. The number of nitrogens with one attached hydrogen (secondary N) is 1. The van der Waals surface area contributed by atoms with Gasteiger partial charge in [-0.1, -0.05) is 0 Å². The maximum Gasteiger partial charge on any atom is 0.262 e. The van der Waals surface area contributed by atoms with Gasteiger partial charge in [0, 0.05) is 35.3 Å². The Balaban J connectivity index is 1.79. The lowest BCUT2D eigenvalue weighted by atomic mass is 10.1. The van der Waals surface area contributed by atoms with Gasteiger partial charge in [0.15, 0.2) is 0 Å². The van der Waals surface area contributed by atoms with Gasteiger partial charge in [0.25, 0.3) is 15.6 Å². The van der Waals surface area contributed by atoms with Gasteiger partial charge in [-0.25, -0.2) is 22.8 Å². The molecule has 0 unspecified atom stereocenters. The molecule has 0 bridgehead atoms. The average Bonchev–Trinajstić information content (AvgIpc) is 2.75. The van der Waals surface area contributed by atoms with E-state index in [4.69, 9.17) is 4.74 Å². The van der Waals surface area contributed by atoms with Crippen molar-refractivity contribution in [3.05, 3.63) is 82.3 Å². The summed E-state index contributed by atoms with van der Waals surface area (Å²) >= 11 is 0. The minimum absolute atomic E-state index is 0.0626. The number of halogens is 1. The summed E-state index contributed by atoms with van der Waals surface area (Å²) in [5.41, 5.74) is 2.32. The van der Waals surface area contributed by atoms with E-state index < -0.39 is 15.8 Å². The van der Waals surface area contributed by atoms with Crippen molar-refractivity contribution in [1.82, 2.24) is 14.4 Å². The van der Waals surface area contributed by atoms with Crippen molar-refractivity contribution < 1.29 is 17.5 Å². The van der Waals surface area contributed by atoms with Crippen molar-refractivity contribution in [2.75, 3.05) is 11.8 Å². The monoisotopic (exact) mass is 454 g/mol. The minimum Gasteiger partial charge on any atom is -0.480 e. The first-order valence-corrected chi connectivity index (χ1v) is 11.0. The quantitative estimate of drug-likeness (QED) is 0.496. The molecule has 8 nitrogen and oxygen atoms in total. The van der Waals surface area contributed by atoms with Gasteiger partial charge in [0.1, 0.15) is 17.2 Å². The predicted molar refractivity (Wildman–Crippen MR) is 118 cm³/mol. The Hall–Kier alpha value is -3.79. The van der Waals surface area contributed by atoms with E-state index in [0.717, 1.165) is 12.1 Å². The molecule has 0 aliphatic heterocycles. The van der Waals surface area contributed by atoms with E-state index in [-0.39, 0.29) is 27.6 Å². The number of methoxy groups -OCH3 is 1. The maximum absolute atomic E-state index is 13.4. The average molecular weight is 454 g/mol. The van der Waals surface area contributed by atoms with Crippen LogP contribution in [0.1, 0.15) is 11.1 Å². The van der Waals surface area contributed by atoms with E-state index in [0.29, 0.717) is 22.3 Å². The standard InChI is InChI=1S/C22H19FN4O4S/c1-13-8-17(23)5-6-19(13)32(29,30)26-18-9-16(11-25-21(18)31-3)15-4-7-20-24-10-14(2)22(28)27(20)12-15/h4-12,26H,1-3H3. The molecular weight excluding hydrogens is 435 g/mol. The lowest BCUT2D eigenvalue weighted by molar-refractivity contribution is 0.400. The second-order valence-corrected chi connectivity index (χ2v) is 8.84. The molecular formula is C22H19FN4O4S. The summed E-state index contributed by atoms with van der Waals surface area (Å²) in [6.45, 7) is 3.18. The van der Waals surface area contributed by atoms with Crippen LogP contribution in [0.25, 0.3) is 16.8 Å². The third-order valence-electron chi connectivity index (χ3n) is 4.92. The summed E-state index contributed by atoms with van der Waals surface area (Å²) in [4.78, 5) is 20.8. The van der Waals surface area contributed by atoms with Crippen molar-refractivity contribution in [3.8, 4) is 17.0 Å². The fraction of sp³-hybridized carbons (Fsp3) is 0.136. The number of aromatic nitrogens is 3. The van der Waals surface area contributed by atoms with Gasteiger partial charge in [-0.05, 0) is 55.8 Å². The van der Waals surface area contributed by atoms with Crippen LogP contribution >= 0.6 is 0 Å². The highest BCUT2D eigenvalue weighted by molar-refractivity contribution is 7.92. The number of hydrogen-bond acceptors (Lipinski definition) is 6. The molecule has 0 saturated carbocycles. The van der Waals surface area contributed by atoms with Crippen molar-refractivity contribution in [1.29, 1.82) is 0 Å². The molecule has 10 heteroatoms. The summed E-state index contributed by atoms with van der Waals surface area (Å²) in [6.07, 6.45) is 4.63. The number of nitrogens with zero attached hydrogens (tertiary/aromatic N) is 3. The van der Waals surface area contributed by atoms with Crippen LogP contribution in [0.3, 0.4) is 0 Å². The van der Waals surface area contributed by atoms with Crippen LogP contribution in [0.4, 0.5) is 10.1 Å². The Kier molecular flexibility index (Phi) is 5.39. The van der Waals surface area contributed by atoms with Crippen LogP contribution in [0, 0.1) is 19.7 Å².